The molecule has 0 radical (unpaired) electrons. The number of imidazole rings is 1. The summed E-state index contributed by atoms with van der Waals surface area (Å²) in [5.74, 6) is 1.03. The fourth-order valence-corrected chi connectivity index (χ4v) is 5.09. The summed E-state index contributed by atoms with van der Waals surface area (Å²) in [7, 11) is 0. The maximum absolute atomic E-state index is 11.6. The van der Waals surface area contributed by atoms with Crippen LogP contribution in [0.25, 0.3) is 22.6 Å². The van der Waals surface area contributed by atoms with Gasteiger partial charge in [-0.2, -0.15) is 0 Å². The van der Waals surface area contributed by atoms with Crippen molar-refractivity contribution in [2.75, 3.05) is 6.54 Å². The minimum Gasteiger partial charge on any atom is -0.326 e. The third-order valence-electron chi connectivity index (χ3n) is 7.13. The summed E-state index contributed by atoms with van der Waals surface area (Å²) in [6, 6.07) is 28.9. The van der Waals surface area contributed by atoms with E-state index in [-0.39, 0.29) is 6.04 Å². The second kappa shape index (κ2) is 13.5. The molecule has 4 aromatic rings. The minimum absolute atomic E-state index is 0.132. The van der Waals surface area contributed by atoms with E-state index in [9.17, 15) is 4.79 Å². The Balaban J connectivity index is 1.82. The van der Waals surface area contributed by atoms with E-state index in [4.69, 9.17) is 16.6 Å². The highest BCUT2D eigenvalue weighted by Gasteiger charge is 2.27. The lowest BCUT2D eigenvalue weighted by Crippen LogP contribution is -2.30. The highest BCUT2D eigenvalue weighted by atomic mass is 35.5. The van der Waals surface area contributed by atoms with Gasteiger partial charge in [-0.25, -0.2) is 4.98 Å². The van der Waals surface area contributed by atoms with Gasteiger partial charge in [0.05, 0.1) is 11.4 Å². The van der Waals surface area contributed by atoms with E-state index in [1.54, 1.807) is 0 Å². The molecule has 1 atom stereocenters. The van der Waals surface area contributed by atoms with Gasteiger partial charge in [-0.3, -0.25) is 9.69 Å². The molecule has 0 spiro atoms. The van der Waals surface area contributed by atoms with E-state index in [0.29, 0.717) is 5.56 Å². The summed E-state index contributed by atoms with van der Waals surface area (Å²) in [6.45, 7) is 9.47. The molecular formula is C33H38ClN3O. The number of carbonyl (C=O) groups excluding carboxylic acids is 1. The average Bonchev–Trinajstić information content (AvgIpc) is 3.34. The Morgan fingerprint density at radius 3 is 2.05 bits per heavy atom. The van der Waals surface area contributed by atoms with Crippen molar-refractivity contribution >= 4 is 16.8 Å². The first kappa shape index (κ1) is 27.8. The smallest absolute Gasteiger partial charge is 0.252 e. The molecule has 0 N–H and O–H groups in total. The molecule has 198 valence electrons. The SMILES string of the molecule is CCCCN(Cc1ccc(C(=O)Cl)cc1)[C@H](C)c1c(-c2ccccc2)nc(-c2ccccc2)n1CCCC. The molecule has 4 nitrogen and oxygen atoms in total. The fraction of sp³-hybridized carbons (Fsp3) is 0.333. The molecular weight excluding hydrogens is 490 g/mol. The van der Waals surface area contributed by atoms with Crippen LogP contribution in [0.5, 0.6) is 0 Å². The van der Waals surface area contributed by atoms with Crippen molar-refractivity contribution in [2.24, 2.45) is 0 Å². The first-order valence-corrected chi connectivity index (χ1v) is 14.1. The van der Waals surface area contributed by atoms with E-state index in [0.717, 1.165) is 68.0 Å². The zero-order chi connectivity index (χ0) is 26.9. The quantitative estimate of drug-likeness (QED) is 0.163. The number of carbonyl (C=O) groups is 1. The van der Waals surface area contributed by atoms with Crippen LogP contribution in [0.2, 0.25) is 0 Å². The standard InChI is InChI=1S/C33H38ClN3O/c1-4-6-22-36(24-26-18-20-28(21-19-26)32(34)38)25(3)31-30(27-14-10-8-11-15-27)35-33(37(31)23-7-5-2)29-16-12-9-13-17-29/h8-21,25H,4-7,22-24H2,1-3H3/t25-/m1/s1. The number of aromatic nitrogens is 2. The fourth-order valence-electron chi connectivity index (χ4n) is 4.97. The van der Waals surface area contributed by atoms with Crippen molar-refractivity contribution in [3.8, 4) is 22.6 Å². The van der Waals surface area contributed by atoms with E-state index in [2.05, 4.69) is 90.9 Å². The maximum Gasteiger partial charge on any atom is 0.252 e. The van der Waals surface area contributed by atoms with Crippen molar-refractivity contribution in [3.05, 3.63) is 102 Å². The number of hydrogen-bond donors (Lipinski definition) is 0. The molecule has 0 amide bonds. The van der Waals surface area contributed by atoms with Gasteiger partial charge in [0.1, 0.15) is 5.82 Å². The van der Waals surface area contributed by atoms with E-state index in [1.807, 2.05) is 24.3 Å². The zero-order valence-corrected chi connectivity index (χ0v) is 23.5. The van der Waals surface area contributed by atoms with Crippen LogP contribution in [0.4, 0.5) is 0 Å². The van der Waals surface area contributed by atoms with Crippen LogP contribution in [0.1, 0.15) is 74.1 Å². The van der Waals surface area contributed by atoms with Crippen molar-refractivity contribution < 1.29 is 4.79 Å². The number of rotatable bonds is 13. The predicted molar refractivity (Wildman–Crippen MR) is 158 cm³/mol. The van der Waals surface area contributed by atoms with Gasteiger partial charge >= 0.3 is 0 Å². The molecule has 0 aliphatic rings. The average molecular weight is 528 g/mol. The third kappa shape index (κ3) is 6.61. The Morgan fingerprint density at radius 1 is 0.868 bits per heavy atom. The van der Waals surface area contributed by atoms with Crippen LogP contribution in [-0.4, -0.2) is 26.2 Å². The summed E-state index contributed by atoms with van der Waals surface area (Å²) in [6.07, 6.45) is 4.44. The van der Waals surface area contributed by atoms with Crippen LogP contribution in [0.15, 0.2) is 84.9 Å². The number of benzene rings is 3. The number of nitrogens with zero attached hydrogens (tertiary/aromatic N) is 3. The van der Waals surface area contributed by atoms with E-state index < -0.39 is 5.24 Å². The molecule has 0 unspecified atom stereocenters. The molecule has 1 heterocycles. The van der Waals surface area contributed by atoms with Crippen molar-refractivity contribution in [1.82, 2.24) is 14.5 Å². The van der Waals surface area contributed by atoms with Crippen LogP contribution >= 0.6 is 11.6 Å². The van der Waals surface area contributed by atoms with Crippen molar-refractivity contribution in [3.63, 3.8) is 0 Å². The topological polar surface area (TPSA) is 38.1 Å². The molecule has 0 aliphatic carbocycles. The first-order chi connectivity index (χ1) is 18.5. The van der Waals surface area contributed by atoms with E-state index in [1.165, 1.54) is 11.3 Å². The Morgan fingerprint density at radius 2 is 1.47 bits per heavy atom. The van der Waals surface area contributed by atoms with Gasteiger partial charge in [0.2, 0.25) is 0 Å². The van der Waals surface area contributed by atoms with Gasteiger partial charge in [-0.05, 0) is 55.6 Å². The number of unbranched alkanes of at least 4 members (excludes halogenated alkanes) is 2. The van der Waals surface area contributed by atoms with Gasteiger partial charge in [0.25, 0.3) is 5.24 Å². The van der Waals surface area contributed by atoms with E-state index >= 15 is 0 Å². The lowest BCUT2D eigenvalue weighted by molar-refractivity contribution is 0.108. The van der Waals surface area contributed by atoms with Gasteiger partial charge in [0, 0.05) is 35.8 Å². The Labute approximate surface area is 232 Å². The molecule has 5 heteroatoms. The van der Waals surface area contributed by atoms with Gasteiger partial charge in [-0.15, -0.1) is 0 Å². The number of hydrogen-bond acceptors (Lipinski definition) is 3. The maximum atomic E-state index is 11.6. The lowest BCUT2D eigenvalue weighted by Gasteiger charge is -2.31. The second-order valence-corrected chi connectivity index (χ2v) is 10.2. The van der Waals surface area contributed by atoms with Gasteiger partial charge < -0.3 is 4.57 Å². The van der Waals surface area contributed by atoms with Crippen molar-refractivity contribution in [2.45, 2.75) is 65.6 Å². The normalized spacial score (nSPS) is 12.1. The highest BCUT2D eigenvalue weighted by molar-refractivity contribution is 6.67. The predicted octanol–water partition coefficient (Wildman–Crippen LogP) is 8.76. The largest absolute Gasteiger partial charge is 0.326 e. The van der Waals surface area contributed by atoms with Crippen molar-refractivity contribution in [1.29, 1.82) is 0 Å². The lowest BCUT2D eigenvalue weighted by atomic mass is 10.0. The van der Waals surface area contributed by atoms with Crippen LogP contribution < -0.4 is 0 Å². The third-order valence-corrected chi connectivity index (χ3v) is 7.35. The summed E-state index contributed by atoms with van der Waals surface area (Å²) in [5, 5.41) is -0.423. The molecule has 4 rings (SSSR count). The Bertz CT molecular complexity index is 1300. The monoisotopic (exact) mass is 527 g/mol. The Hall–Kier alpha value is -3.21. The van der Waals surface area contributed by atoms with Crippen LogP contribution in [0.3, 0.4) is 0 Å². The molecule has 0 saturated heterocycles. The molecule has 3 aromatic carbocycles. The molecule has 0 bridgehead atoms. The summed E-state index contributed by atoms with van der Waals surface area (Å²) < 4.78 is 2.46. The summed E-state index contributed by atoms with van der Waals surface area (Å²) in [4.78, 5) is 19.4. The van der Waals surface area contributed by atoms with Gasteiger partial charge in [0.15, 0.2) is 0 Å². The molecule has 0 aliphatic heterocycles. The summed E-state index contributed by atoms with van der Waals surface area (Å²) >= 11 is 5.69. The molecule has 0 saturated carbocycles. The van der Waals surface area contributed by atoms with Gasteiger partial charge in [-0.1, -0.05) is 99.5 Å². The molecule has 38 heavy (non-hydrogen) atoms. The first-order valence-electron chi connectivity index (χ1n) is 13.8. The Kier molecular flexibility index (Phi) is 9.91. The highest BCUT2D eigenvalue weighted by Crippen LogP contribution is 2.36. The minimum atomic E-state index is -0.423. The second-order valence-electron chi connectivity index (χ2n) is 9.88. The zero-order valence-electron chi connectivity index (χ0n) is 22.7. The molecule has 1 aromatic heterocycles. The number of halogens is 1. The van der Waals surface area contributed by atoms with Crippen LogP contribution in [0, 0.1) is 0 Å². The summed E-state index contributed by atoms with van der Waals surface area (Å²) in [5.41, 5.74) is 6.28. The molecule has 0 fully saturated rings. The van der Waals surface area contributed by atoms with Crippen LogP contribution in [-0.2, 0) is 13.1 Å².